The SMILES string of the molecule is Cc1cccc2cc(CSc3ncnc4nc[nH]c34)c(-c3cccs3)nc12. The van der Waals surface area contributed by atoms with Crippen molar-refractivity contribution in [2.24, 2.45) is 0 Å². The Bertz CT molecular complexity index is 1240. The van der Waals surface area contributed by atoms with Crippen molar-refractivity contribution in [3.05, 3.63) is 65.6 Å². The van der Waals surface area contributed by atoms with Crippen molar-refractivity contribution in [3.63, 3.8) is 0 Å². The summed E-state index contributed by atoms with van der Waals surface area (Å²) in [6, 6.07) is 12.8. The highest BCUT2D eigenvalue weighted by Gasteiger charge is 2.14. The van der Waals surface area contributed by atoms with Gasteiger partial charge in [-0.1, -0.05) is 36.0 Å². The minimum atomic E-state index is 0.693. The molecule has 132 valence electrons. The molecule has 5 nitrogen and oxygen atoms in total. The molecule has 0 aliphatic rings. The summed E-state index contributed by atoms with van der Waals surface area (Å²) in [6.45, 7) is 2.11. The molecule has 0 atom stereocenters. The van der Waals surface area contributed by atoms with E-state index in [1.54, 1.807) is 35.8 Å². The van der Waals surface area contributed by atoms with Crippen molar-refractivity contribution in [1.29, 1.82) is 0 Å². The molecule has 0 fully saturated rings. The van der Waals surface area contributed by atoms with Crippen LogP contribution in [0.3, 0.4) is 0 Å². The summed E-state index contributed by atoms with van der Waals surface area (Å²) in [4.78, 5) is 22.2. The van der Waals surface area contributed by atoms with Crippen LogP contribution >= 0.6 is 23.1 Å². The molecule has 0 amide bonds. The number of pyridine rings is 1. The third-order valence-corrected chi connectivity index (χ3v) is 6.35. The molecule has 5 aromatic rings. The number of aromatic nitrogens is 5. The lowest BCUT2D eigenvalue weighted by Gasteiger charge is -2.11. The Morgan fingerprint density at radius 3 is 2.96 bits per heavy atom. The lowest BCUT2D eigenvalue weighted by atomic mass is 10.1. The number of nitrogens with zero attached hydrogens (tertiary/aromatic N) is 4. The first-order chi connectivity index (χ1) is 13.3. The van der Waals surface area contributed by atoms with Crippen LogP contribution in [0.15, 0.2) is 59.5 Å². The molecule has 0 saturated carbocycles. The molecule has 27 heavy (non-hydrogen) atoms. The first-order valence-corrected chi connectivity index (χ1v) is 10.4. The number of benzene rings is 1. The number of thiophene rings is 1. The monoisotopic (exact) mass is 389 g/mol. The van der Waals surface area contributed by atoms with Crippen LogP contribution in [-0.2, 0) is 5.75 Å². The Morgan fingerprint density at radius 2 is 2.07 bits per heavy atom. The van der Waals surface area contributed by atoms with Gasteiger partial charge in [-0.15, -0.1) is 11.3 Å². The van der Waals surface area contributed by atoms with Crippen molar-refractivity contribution in [2.45, 2.75) is 17.7 Å². The van der Waals surface area contributed by atoms with Crippen LogP contribution in [0.1, 0.15) is 11.1 Å². The van der Waals surface area contributed by atoms with E-state index in [2.05, 4.69) is 68.6 Å². The fourth-order valence-electron chi connectivity index (χ4n) is 3.13. The number of aryl methyl sites for hydroxylation is 1. The normalized spacial score (nSPS) is 11.4. The molecule has 0 aliphatic heterocycles. The minimum absolute atomic E-state index is 0.693. The van der Waals surface area contributed by atoms with Crippen molar-refractivity contribution in [3.8, 4) is 10.6 Å². The first kappa shape index (κ1) is 16.4. The molecule has 7 heteroatoms. The Kier molecular flexibility index (Phi) is 4.10. The molecule has 0 bridgehead atoms. The molecular formula is C20H15N5S2. The number of fused-ring (bicyclic) bond motifs is 2. The van der Waals surface area contributed by atoms with Crippen molar-refractivity contribution in [1.82, 2.24) is 24.9 Å². The lowest BCUT2D eigenvalue weighted by molar-refractivity contribution is 1.08. The number of hydrogen-bond acceptors (Lipinski definition) is 6. The van der Waals surface area contributed by atoms with Crippen LogP contribution in [0.4, 0.5) is 0 Å². The number of thioether (sulfide) groups is 1. The van der Waals surface area contributed by atoms with Crippen LogP contribution in [0, 0.1) is 6.92 Å². The molecule has 0 radical (unpaired) electrons. The van der Waals surface area contributed by atoms with E-state index >= 15 is 0 Å². The van der Waals surface area contributed by atoms with E-state index in [9.17, 15) is 0 Å². The Morgan fingerprint density at radius 1 is 1.11 bits per heavy atom. The second-order valence-electron chi connectivity index (χ2n) is 6.19. The summed E-state index contributed by atoms with van der Waals surface area (Å²) in [7, 11) is 0. The maximum absolute atomic E-state index is 5.03. The largest absolute Gasteiger partial charge is 0.341 e. The van der Waals surface area contributed by atoms with E-state index < -0.39 is 0 Å². The number of imidazole rings is 1. The average Bonchev–Trinajstić information content (AvgIpc) is 3.38. The van der Waals surface area contributed by atoms with Crippen LogP contribution in [0.2, 0.25) is 0 Å². The molecule has 5 rings (SSSR count). The fraction of sp³-hybridized carbons (Fsp3) is 0.100. The van der Waals surface area contributed by atoms with Gasteiger partial charge >= 0.3 is 0 Å². The van der Waals surface area contributed by atoms with Gasteiger partial charge in [-0.3, -0.25) is 0 Å². The van der Waals surface area contributed by atoms with E-state index in [1.807, 2.05) is 0 Å². The first-order valence-electron chi connectivity index (χ1n) is 8.49. The third kappa shape index (κ3) is 2.98. The quantitative estimate of drug-likeness (QED) is 0.337. The predicted molar refractivity (Wildman–Crippen MR) is 111 cm³/mol. The molecule has 0 aliphatic carbocycles. The summed E-state index contributed by atoms with van der Waals surface area (Å²) < 4.78 is 0. The molecule has 0 spiro atoms. The van der Waals surface area contributed by atoms with Gasteiger partial charge < -0.3 is 4.98 Å². The highest BCUT2D eigenvalue weighted by Crippen LogP contribution is 2.34. The lowest BCUT2D eigenvalue weighted by Crippen LogP contribution is -1.94. The summed E-state index contributed by atoms with van der Waals surface area (Å²) in [5.74, 6) is 0.773. The maximum Gasteiger partial charge on any atom is 0.181 e. The van der Waals surface area contributed by atoms with Crippen LogP contribution in [0.25, 0.3) is 32.6 Å². The van der Waals surface area contributed by atoms with Crippen molar-refractivity contribution >= 4 is 45.2 Å². The zero-order valence-corrected chi connectivity index (χ0v) is 16.1. The topological polar surface area (TPSA) is 67.3 Å². The number of H-pyrrole nitrogens is 1. The smallest absolute Gasteiger partial charge is 0.181 e. The fourth-order valence-corrected chi connectivity index (χ4v) is 4.80. The summed E-state index contributed by atoms with van der Waals surface area (Å²) in [6.07, 6.45) is 3.22. The number of aromatic amines is 1. The standard InChI is InChI=1S/C20H15N5S2/c1-12-4-2-5-13-8-14(17(25-16(12)13)15-6-3-7-26-15)9-27-20-18-19(22-10-21-18)23-11-24-20/h2-8,10-11H,9H2,1H3,(H,21,22,23,24). The van der Waals surface area contributed by atoms with Gasteiger partial charge in [0.25, 0.3) is 0 Å². The minimum Gasteiger partial charge on any atom is -0.341 e. The number of rotatable bonds is 4. The van der Waals surface area contributed by atoms with Gasteiger partial charge in [-0.05, 0) is 35.6 Å². The van der Waals surface area contributed by atoms with Gasteiger partial charge in [0.1, 0.15) is 16.9 Å². The summed E-state index contributed by atoms with van der Waals surface area (Å²) in [5, 5.41) is 4.16. The average molecular weight is 390 g/mol. The van der Waals surface area contributed by atoms with E-state index in [0.717, 1.165) is 27.5 Å². The highest BCUT2D eigenvalue weighted by molar-refractivity contribution is 7.98. The number of nitrogens with one attached hydrogen (secondary N) is 1. The molecule has 4 heterocycles. The van der Waals surface area contributed by atoms with Crippen molar-refractivity contribution in [2.75, 3.05) is 0 Å². The van der Waals surface area contributed by atoms with Gasteiger partial charge in [-0.25, -0.2) is 19.9 Å². The molecule has 1 aromatic carbocycles. The van der Waals surface area contributed by atoms with E-state index in [-0.39, 0.29) is 0 Å². The molecule has 0 saturated heterocycles. The highest BCUT2D eigenvalue weighted by atomic mass is 32.2. The Labute approximate surface area is 163 Å². The Balaban J connectivity index is 1.59. The van der Waals surface area contributed by atoms with Crippen LogP contribution in [0.5, 0.6) is 0 Å². The molecular weight excluding hydrogens is 374 g/mol. The molecule has 1 N–H and O–H groups in total. The van der Waals surface area contributed by atoms with Gasteiger partial charge in [-0.2, -0.15) is 0 Å². The van der Waals surface area contributed by atoms with E-state index in [4.69, 9.17) is 4.98 Å². The summed E-state index contributed by atoms with van der Waals surface area (Å²) >= 11 is 3.39. The Hall–Kier alpha value is -2.77. The van der Waals surface area contributed by atoms with E-state index in [1.165, 1.54) is 21.4 Å². The molecule has 4 aromatic heterocycles. The number of hydrogen-bond donors (Lipinski definition) is 1. The summed E-state index contributed by atoms with van der Waals surface area (Å²) in [5.41, 5.74) is 6.08. The van der Waals surface area contributed by atoms with Crippen LogP contribution < -0.4 is 0 Å². The number of para-hydroxylation sites is 1. The second-order valence-corrected chi connectivity index (χ2v) is 8.10. The maximum atomic E-state index is 5.03. The van der Waals surface area contributed by atoms with Gasteiger partial charge in [0.2, 0.25) is 0 Å². The van der Waals surface area contributed by atoms with Gasteiger partial charge in [0.05, 0.1) is 22.4 Å². The zero-order chi connectivity index (χ0) is 18.2. The predicted octanol–water partition coefficient (Wildman–Crippen LogP) is 5.23. The van der Waals surface area contributed by atoms with Crippen LogP contribution in [-0.4, -0.2) is 24.9 Å². The van der Waals surface area contributed by atoms with Gasteiger partial charge in [0.15, 0.2) is 5.65 Å². The zero-order valence-electron chi connectivity index (χ0n) is 14.5. The van der Waals surface area contributed by atoms with Crippen molar-refractivity contribution < 1.29 is 0 Å². The van der Waals surface area contributed by atoms with E-state index in [0.29, 0.717) is 5.65 Å². The third-order valence-electron chi connectivity index (χ3n) is 4.43. The second kappa shape index (κ2) is 6.75. The van der Waals surface area contributed by atoms with Gasteiger partial charge in [0, 0.05) is 11.1 Å². The molecule has 0 unspecified atom stereocenters.